The standard InChI is InChI=1S/C10H15ClN4/c11-10-13-6-8(12)9(15-10)14-7-4-2-1-3-5-7/h6-7H,1-5,12H2,(H,13,14,15). The average Bonchev–Trinajstić information content (AvgIpc) is 2.25. The second-order valence-corrected chi connectivity index (χ2v) is 4.26. The van der Waals surface area contributed by atoms with Crippen molar-refractivity contribution in [3.63, 3.8) is 0 Å². The minimum absolute atomic E-state index is 0.238. The first-order chi connectivity index (χ1) is 7.25. The highest BCUT2D eigenvalue weighted by molar-refractivity contribution is 6.28. The lowest BCUT2D eigenvalue weighted by Crippen LogP contribution is -2.23. The topological polar surface area (TPSA) is 63.8 Å². The van der Waals surface area contributed by atoms with E-state index in [0.29, 0.717) is 17.5 Å². The summed E-state index contributed by atoms with van der Waals surface area (Å²) < 4.78 is 0. The minimum atomic E-state index is 0.238. The van der Waals surface area contributed by atoms with Gasteiger partial charge in [0.2, 0.25) is 5.28 Å². The zero-order valence-corrected chi connectivity index (χ0v) is 9.30. The van der Waals surface area contributed by atoms with Gasteiger partial charge in [0.15, 0.2) is 5.82 Å². The Kier molecular flexibility index (Phi) is 3.26. The molecule has 5 heteroatoms. The predicted octanol–water partition coefficient (Wildman–Crippen LogP) is 2.46. The molecule has 1 heterocycles. The van der Waals surface area contributed by atoms with Crippen LogP contribution in [0.4, 0.5) is 11.5 Å². The summed E-state index contributed by atoms with van der Waals surface area (Å²) in [6, 6.07) is 0.479. The Morgan fingerprint density at radius 2 is 2.07 bits per heavy atom. The van der Waals surface area contributed by atoms with Crippen molar-refractivity contribution in [2.24, 2.45) is 0 Å². The second-order valence-electron chi connectivity index (χ2n) is 3.92. The molecule has 15 heavy (non-hydrogen) atoms. The van der Waals surface area contributed by atoms with Crippen LogP contribution in [0.25, 0.3) is 0 Å². The van der Waals surface area contributed by atoms with Crippen LogP contribution in [0.3, 0.4) is 0 Å². The largest absolute Gasteiger partial charge is 0.394 e. The van der Waals surface area contributed by atoms with Crippen molar-refractivity contribution >= 4 is 23.1 Å². The average molecular weight is 227 g/mol. The van der Waals surface area contributed by atoms with E-state index in [4.69, 9.17) is 17.3 Å². The molecule has 0 unspecified atom stereocenters. The Bertz CT molecular complexity index is 336. The molecular formula is C10H15ClN4. The lowest BCUT2D eigenvalue weighted by atomic mass is 9.95. The molecule has 2 rings (SSSR count). The number of nitrogens with two attached hydrogens (primary N) is 1. The number of rotatable bonds is 2. The maximum absolute atomic E-state index is 5.76. The number of nitrogen functional groups attached to an aromatic ring is 1. The summed E-state index contributed by atoms with van der Waals surface area (Å²) in [4.78, 5) is 7.91. The van der Waals surface area contributed by atoms with E-state index in [1.54, 1.807) is 6.20 Å². The first-order valence-corrected chi connectivity index (χ1v) is 5.68. The molecule has 3 N–H and O–H groups in total. The smallest absolute Gasteiger partial charge is 0.224 e. The monoisotopic (exact) mass is 226 g/mol. The fraction of sp³-hybridized carbons (Fsp3) is 0.600. The van der Waals surface area contributed by atoms with Gasteiger partial charge in [-0.05, 0) is 24.4 Å². The van der Waals surface area contributed by atoms with E-state index in [2.05, 4.69) is 15.3 Å². The number of hydrogen-bond donors (Lipinski definition) is 2. The highest BCUT2D eigenvalue weighted by Crippen LogP contribution is 2.23. The SMILES string of the molecule is Nc1cnc(Cl)nc1NC1CCCCC1. The van der Waals surface area contributed by atoms with Crippen LogP contribution in [0.15, 0.2) is 6.20 Å². The molecule has 1 fully saturated rings. The van der Waals surface area contributed by atoms with Crippen molar-refractivity contribution in [2.75, 3.05) is 11.1 Å². The zero-order chi connectivity index (χ0) is 10.7. The molecule has 0 bridgehead atoms. The van der Waals surface area contributed by atoms with E-state index >= 15 is 0 Å². The fourth-order valence-corrected chi connectivity index (χ4v) is 2.06. The number of halogens is 1. The Hall–Kier alpha value is -1.03. The maximum atomic E-state index is 5.76. The zero-order valence-electron chi connectivity index (χ0n) is 8.54. The quantitative estimate of drug-likeness (QED) is 0.761. The van der Waals surface area contributed by atoms with Gasteiger partial charge in [0.25, 0.3) is 0 Å². The summed E-state index contributed by atoms with van der Waals surface area (Å²) in [5, 5.41) is 3.57. The van der Waals surface area contributed by atoms with Gasteiger partial charge in [0.1, 0.15) is 0 Å². The van der Waals surface area contributed by atoms with Crippen LogP contribution < -0.4 is 11.1 Å². The summed E-state index contributed by atoms with van der Waals surface area (Å²) in [7, 11) is 0. The van der Waals surface area contributed by atoms with E-state index in [0.717, 1.165) is 0 Å². The Morgan fingerprint density at radius 3 is 2.80 bits per heavy atom. The minimum Gasteiger partial charge on any atom is -0.394 e. The van der Waals surface area contributed by atoms with Gasteiger partial charge in [0, 0.05) is 6.04 Å². The molecule has 0 atom stereocenters. The first kappa shape index (κ1) is 10.5. The fourth-order valence-electron chi connectivity index (χ4n) is 1.93. The molecule has 0 radical (unpaired) electrons. The third-order valence-electron chi connectivity index (χ3n) is 2.73. The van der Waals surface area contributed by atoms with Crippen LogP contribution in [0.2, 0.25) is 5.28 Å². The Balaban J connectivity index is 2.05. The van der Waals surface area contributed by atoms with Gasteiger partial charge >= 0.3 is 0 Å². The lowest BCUT2D eigenvalue weighted by molar-refractivity contribution is 0.462. The first-order valence-electron chi connectivity index (χ1n) is 5.30. The van der Waals surface area contributed by atoms with E-state index < -0.39 is 0 Å². The van der Waals surface area contributed by atoms with Crippen LogP contribution in [0.1, 0.15) is 32.1 Å². The third-order valence-corrected chi connectivity index (χ3v) is 2.92. The van der Waals surface area contributed by atoms with Crippen molar-refractivity contribution < 1.29 is 0 Å². The number of aromatic nitrogens is 2. The van der Waals surface area contributed by atoms with Crippen molar-refractivity contribution in [3.8, 4) is 0 Å². The predicted molar refractivity (Wildman–Crippen MR) is 62.0 cm³/mol. The van der Waals surface area contributed by atoms with Crippen LogP contribution in [-0.4, -0.2) is 16.0 Å². The Labute approximate surface area is 94.2 Å². The Morgan fingerprint density at radius 1 is 1.33 bits per heavy atom. The number of hydrogen-bond acceptors (Lipinski definition) is 4. The van der Waals surface area contributed by atoms with E-state index in [9.17, 15) is 0 Å². The number of nitrogens with zero attached hydrogens (tertiary/aromatic N) is 2. The molecule has 0 amide bonds. The molecule has 82 valence electrons. The van der Waals surface area contributed by atoms with E-state index in [1.165, 1.54) is 32.1 Å². The highest BCUT2D eigenvalue weighted by Gasteiger charge is 2.14. The van der Waals surface area contributed by atoms with Gasteiger partial charge in [-0.1, -0.05) is 19.3 Å². The van der Waals surface area contributed by atoms with E-state index in [1.807, 2.05) is 0 Å². The molecule has 0 spiro atoms. The van der Waals surface area contributed by atoms with Gasteiger partial charge in [0.05, 0.1) is 11.9 Å². The van der Waals surface area contributed by atoms with Crippen LogP contribution >= 0.6 is 11.6 Å². The van der Waals surface area contributed by atoms with Gasteiger partial charge in [-0.3, -0.25) is 0 Å². The number of nitrogens with one attached hydrogen (secondary N) is 1. The normalized spacial score (nSPS) is 17.7. The lowest BCUT2D eigenvalue weighted by Gasteiger charge is -2.23. The third kappa shape index (κ3) is 2.72. The molecule has 1 aromatic heterocycles. The summed E-state index contributed by atoms with van der Waals surface area (Å²) in [5.41, 5.74) is 6.32. The van der Waals surface area contributed by atoms with Gasteiger partial charge in [-0.2, -0.15) is 4.98 Å². The van der Waals surface area contributed by atoms with Crippen molar-refractivity contribution in [1.29, 1.82) is 0 Å². The highest BCUT2D eigenvalue weighted by atomic mass is 35.5. The summed E-state index contributed by atoms with van der Waals surface area (Å²) >= 11 is 5.72. The molecule has 0 saturated heterocycles. The summed E-state index contributed by atoms with van der Waals surface area (Å²) in [6.07, 6.45) is 7.79. The maximum Gasteiger partial charge on any atom is 0.224 e. The molecule has 1 aliphatic rings. The van der Waals surface area contributed by atoms with Gasteiger partial charge in [-0.15, -0.1) is 0 Å². The van der Waals surface area contributed by atoms with Crippen LogP contribution in [-0.2, 0) is 0 Å². The van der Waals surface area contributed by atoms with Crippen molar-refractivity contribution in [1.82, 2.24) is 9.97 Å². The van der Waals surface area contributed by atoms with Gasteiger partial charge < -0.3 is 11.1 Å². The van der Waals surface area contributed by atoms with Gasteiger partial charge in [-0.25, -0.2) is 4.98 Å². The van der Waals surface area contributed by atoms with Crippen molar-refractivity contribution in [2.45, 2.75) is 38.1 Å². The summed E-state index contributed by atoms with van der Waals surface area (Å²) in [5.74, 6) is 0.668. The molecule has 4 nitrogen and oxygen atoms in total. The molecule has 0 aliphatic heterocycles. The molecule has 1 aromatic rings. The van der Waals surface area contributed by atoms with E-state index in [-0.39, 0.29) is 5.28 Å². The second kappa shape index (κ2) is 4.66. The van der Waals surface area contributed by atoms with Crippen LogP contribution in [0, 0.1) is 0 Å². The number of anilines is 2. The summed E-state index contributed by atoms with van der Waals surface area (Å²) in [6.45, 7) is 0. The molecular weight excluding hydrogens is 212 g/mol. The molecule has 1 aliphatic carbocycles. The molecule has 1 saturated carbocycles. The van der Waals surface area contributed by atoms with Crippen LogP contribution in [0.5, 0.6) is 0 Å². The van der Waals surface area contributed by atoms with Crippen molar-refractivity contribution in [3.05, 3.63) is 11.5 Å². The molecule has 0 aromatic carbocycles.